The molecule has 0 saturated carbocycles. The predicted molar refractivity (Wildman–Crippen MR) is 59.5 cm³/mol. The first-order chi connectivity index (χ1) is 7.20. The van der Waals surface area contributed by atoms with Crippen molar-refractivity contribution in [1.29, 1.82) is 0 Å². The van der Waals surface area contributed by atoms with Gasteiger partial charge in [0.25, 0.3) is 0 Å². The van der Waals surface area contributed by atoms with Crippen LogP contribution >= 0.6 is 0 Å². The van der Waals surface area contributed by atoms with Gasteiger partial charge in [-0.1, -0.05) is 23.8 Å². The number of hydrogen-bond donors (Lipinski definition) is 0. The second-order valence-electron chi connectivity index (χ2n) is 3.77. The van der Waals surface area contributed by atoms with E-state index in [0.717, 1.165) is 11.1 Å². The molecule has 0 atom stereocenters. The maximum absolute atomic E-state index is 11.5. The summed E-state index contributed by atoms with van der Waals surface area (Å²) in [6.45, 7) is 4.31. The Bertz CT molecular complexity index is 430. The van der Waals surface area contributed by atoms with E-state index in [1.54, 1.807) is 0 Å². The number of rotatable bonds is 2. The van der Waals surface area contributed by atoms with Crippen molar-refractivity contribution in [3.05, 3.63) is 40.5 Å². The molecule has 0 radical (unpaired) electrons. The third kappa shape index (κ3) is 1.94. The van der Waals surface area contributed by atoms with Gasteiger partial charge in [0, 0.05) is 12.0 Å². The number of carbonyl (C=O) groups is 1. The second-order valence-corrected chi connectivity index (χ2v) is 3.77. The van der Waals surface area contributed by atoms with Gasteiger partial charge in [-0.05, 0) is 31.1 Å². The molecule has 1 aliphatic carbocycles. The fourth-order valence-corrected chi connectivity index (χ4v) is 1.81. The number of fused-ring (bicyclic) bond motifs is 1. The van der Waals surface area contributed by atoms with Crippen molar-refractivity contribution in [1.82, 2.24) is 0 Å². The Morgan fingerprint density at radius 1 is 1.47 bits per heavy atom. The summed E-state index contributed by atoms with van der Waals surface area (Å²) in [6, 6.07) is 6.25. The van der Waals surface area contributed by atoms with Gasteiger partial charge in [-0.3, -0.25) is 0 Å². The van der Waals surface area contributed by atoms with E-state index in [4.69, 9.17) is 4.74 Å². The predicted octanol–water partition coefficient (Wildman–Crippen LogP) is 2.50. The van der Waals surface area contributed by atoms with Crippen LogP contribution < -0.4 is 0 Å². The lowest BCUT2D eigenvalue weighted by Gasteiger charge is -2.01. The minimum Gasteiger partial charge on any atom is -0.463 e. The van der Waals surface area contributed by atoms with Crippen molar-refractivity contribution in [3.63, 3.8) is 0 Å². The van der Waals surface area contributed by atoms with Crippen LogP contribution in [0.1, 0.15) is 23.6 Å². The van der Waals surface area contributed by atoms with Crippen LogP contribution in [0.2, 0.25) is 0 Å². The van der Waals surface area contributed by atoms with E-state index in [1.807, 2.05) is 13.0 Å². The highest BCUT2D eigenvalue weighted by Gasteiger charge is 2.18. The van der Waals surface area contributed by atoms with E-state index in [0.29, 0.717) is 13.0 Å². The minimum absolute atomic E-state index is 0.189. The van der Waals surface area contributed by atoms with E-state index in [9.17, 15) is 4.79 Å². The molecule has 2 nitrogen and oxygen atoms in total. The number of aryl methyl sites for hydroxylation is 1. The summed E-state index contributed by atoms with van der Waals surface area (Å²) in [7, 11) is 0. The average molecular weight is 202 g/mol. The quantitative estimate of drug-likeness (QED) is 0.689. The molecule has 2 heteroatoms. The standard InChI is InChI=1S/C13H14O2/c1-3-15-13(14)12-7-10-5-4-9(2)6-11(10)8-12/h4-6,8H,3,7H2,1-2H3. The van der Waals surface area contributed by atoms with Gasteiger partial charge in [-0.2, -0.15) is 0 Å². The van der Waals surface area contributed by atoms with Gasteiger partial charge in [0.05, 0.1) is 6.61 Å². The van der Waals surface area contributed by atoms with Crippen molar-refractivity contribution in [2.45, 2.75) is 20.3 Å². The molecule has 0 fully saturated rings. The van der Waals surface area contributed by atoms with E-state index in [-0.39, 0.29) is 5.97 Å². The molecule has 1 aliphatic rings. The molecule has 0 bridgehead atoms. The Balaban J connectivity index is 2.23. The molecule has 0 aliphatic heterocycles. The highest BCUT2D eigenvalue weighted by molar-refractivity contribution is 5.96. The summed E-state index contributed by atoms with van der Waals surface area (Å²) in [5.41, 5.74) is 4.34. The highest BCUT2D eigenvalue weighted by atomic mass is 16.5. The molecule has 0 saturated heterocycles. The molecule has 2 rings (SSSR count). The third-order valence-electron chi connectivity index (χ3n) is 2.55. The second kappa shape index (κ2) is 3.89. The largest absolute Gasteiger partial charge is 0.463 e. The monoisotopic (exact) mass is 202 g/mol. The maximum Gasteiger partial charge on any atom is 0.334 e. The first-order valence-electron chi connectivity index (χ1n) is 5.18. The van der Waals surface area contributed by atoms with Gasteiger partial charge in [-0.15, -0.1) is 0 Å². The smallest absolute Gasteiger partial charge is 0.334 e. The van der Waals surface area contributed by atoms with E-state index >= 15 is 0 Å². The van der Waals surface area contributed by atoms with Gasteiger partial charge in [0.1, 0.15) is 0 Å². The first-order valence-corrected chi connectivity index (χ1v) is 5.18. The Morgan fingerprint density at radius 3 is 3.00 bits per heavy atom. The summed E-state index contributed by atoms with van der Waals surface area (Å²) < 4.78 is 4.98. The van der Waals surface area contributed by atoms with Crippen LogP contribution in [0.3, 0.4) is 0 Å². The molecule has 0 amide bonds. The number of carbonyl (C=O) groups excluding carboxylic acids is 1. The summed E-state index contributed by atoms with van der Waals surface area (Å²) in [6.07, 6.45) is 2.63. The summed E-state index contributed by atoms with van der Waals surface area (Å²) in [5, 5.41) is 0. The van der Waals surface area contributed by atoms with Gasteiger partial charge in [-0.25, -0.2) is 4.79 Å². The van der Waals surface area contributed by atoms with Crippen molar-refractivity contribution in [2.24, 2.45) is 0 Å². The Kier molecular flexibility index (Phi) is 2.58. The molecular weight excluding hydrogens is 188 g/mol. The molecule has 15 heavy (non-hydrogen) atoms. The Morgan fingerprint density at radius 2 is 2.27 bits per heavy atom. The zero-order chi connectivity index (χ0) is 10.8. The van der Waals surface area contributed by atoms with Crippen LogP contribution in [-0.2, 0) is 16.0 Å². The molecule has 0 aromatic heterocycles. The van der Waals surface area contributed by atoms with E-state index < -0.39 is 0 Å². The van der Waals surface area contributed by atoms with E-state index in [1.165, 1.54) is 11.1 Å². The minimum atomic E-state index is -0.189. The van der Waals surface area contributed by atoms with Crippen molar-refractivity contribution < 1.29 is 9.53 Å². The molecule has 78 valence electrons. The molecule has 1 aromatic rings. The number of ether oxygens (including phenoxy) is 1. The van der Waals surface area contributed by atoms with Gasteiger partial charge >= 0.3 is 5.97 Å². The molecular formula is C13H14O2. The van der Waals surface area contributed by atoms with Crippen LogP contribution in [-0.4, -0.2) is 12.6 Å². The van der Waals surface area contributed by atoms with Crippen LogP contribution in [0.5, 0.6) is 0 Å². The van der Waals surface area contributed by atoms with Gasteiger partial charge in [0.15, 0.2) is 0 Å². The van der Waals surface area contributed by atoms with Crippen LogP contribution in [0.15, 0.2) is 23.8 Å². The molecule has 1 aromatic carbocycles. The Labute approximate surface area is 89.6 Å². The van der Waals surface area contributed by atoms with Crippen molar-refractivity contribution in [2.75, 3.05) is 6.61 Å². The Hall–Kier alpha value is -1.57. The molecule has 0 heterocycles. The van der Waals surface area contributed by atoms with Crippen molar-refractivity contribution >= 4 is 12.0 Å². The summed E-state index contributed by atoms with van der Waals surface area (Å²) in [4.78, 5) is 11.5. The van der Waals surface area contributed by atoms with E-state index in [2.05, 4.69) is 25.1 Å². The molecule has 0 N–H and O–H groups in total. The first kappa shape index (κ1) is 9.97. The molecule has 0 unspecified atom stereocenters. The topological polar surface area (TPSA) is 26.3 Å². The number of esters is 1. The lowest BCUT2D eigenvalue weighted by molar-refractivity contribution is -0.138. The summed E-state index contributed by atoms with van der Waals surface area (Å²) in [5.74, 6) is -0.189. The van der Waals surface area contributed by atoms with Crippen molar-refractivity contribution in [3.8, 4) is 0 Å². The fourth-order valence-electron chi connectivity index (χ4n) is 1.81. The lowest BCUT2D eigenvalue weighted by atomic mass is 10.1. The molecule has 0 spiro atoms. The van der Waals surface area contributed by atoms with Gasteiger partial charge < -0.3 is 4.74 Å². The fraction of sp³-hybridized carbons (Fsp3) is 0.308. The van der Waals surface area contributed by atoms with Crippen LogP contribution in [0.25, 0.3) is 6.08 Å². The zero-order valence-electron chi connectivity index (χ0n) is 9.04. The highest BCUT2D eigenvalue weighted by Crippen LogP contribution is 2.26. The number of benzene rings is 1. The van der Waals surface area contributed by atoms with Crippen LogP contribution in [0, 0.1) is 6.92 Å². The third-order valence-corrected chi connectivity index (χ3v) is 2.55. The SMILES string of the molecule is CCOC(=O)C1=Cc2cc(C)ccc2C1. The van der Waals surface area contributed by atoms with Gasteiger partial charge in [0.2, 0.25) is 0 Å². The number of hydrogen-bond acceptors (Lipinski definition) is 2. The summed E-state index contributed by atoms with van der Waals surface area (Å²) >= 11 is 0. The van der Waals surface area contributed by atoms with Crippen LogP contribution in [0.4, 0.5) is 0 Å². The average Bonchev–Trinajstić information content (AvgIpc) is 2.60. The lowest BCUT2D eigenvalue weighted by Crippen LogP contribution is -2.07. The zero-order valence-corrected chi connectivity index (χ0v) is 9.04. The normalized spacial score (nSPS) is 13.3. The maximum atomic E-state index is 11.5.